The van der Waals surface area contributed by atoms with E-state index >= 15 is 0 Å². The number of hydrogen-bond donors (Lipinski definition) is 2. The van der Waals surface area contributed by atoms with E-state index in [1.54, 1.807) is 19.1 Å². The summed E-state index contributed by atoms with van der Waals surface area (Å²) in [7, 11) is 0. The second kappa shape index (κ2) is 6.36. The minimum atomic E-state index is -2.91. The van der Waals surface area contributed by atoms with Crippen LogP contribution in [0, 0.1) is 6.92 Å². The zero-order chi connectivity index (χ0) is 15.5. The fourth-order valence-electron chi connectivity index (χ4n) is 2.12. The van der Waals surface area contributed by atoms with Gasteiger partial charge in [0.2, 0.25) is 5.91 Å². The van der Waals surface area contributed by atoms with Gasteiger partial charge in [-0.25, -0.2) is 0 Å². The minimum Gasteiger partial charge on any atom is -0.434 e. The van der Waals surface area contributed by atoms with Crippen LogP contribution >= 0.6 is 0 Å². The van der Waals surface area contributed by atoms with Crippen LogP contribution in [0.3, 0.4) is 0 Å². The van der Waals surface area contributed by atoms with Gasteiger partial charge in [-0.3, -0.25) is 4.79 Å². The standard InChI is InChI=1S/C14H18F2N2O3/c1-9-2-3-10(8-11(9)21-13(15)16)18-12(19)14(17)4-6-20-7-5-14/h2-3,8,13H,4-7,17H2,1H3,(H,18,19). The molecule has 0 spiro atoms. The molecule has 1 heterocycles. The molecule has 1 aromatic carbocycles. The molecule has 2 rings (SSSR count). The molecular formula is C14H18F2N2O3. The molecule has 0 aliphatic carbocycles. The molecule has 0 bridgehead atoms. The lowest BCUT2D eigenvalue weighted by Crippen LogP contribution is -2.54. The normalized spacial score (nSPS) is 17.6. The summed E-state index contributed by atoms with van der Waals surface area (Å²) in [6.45, 7) is -0.410. The van der Waals surface area contributed by atoms with Gasteiger partial charge in [-0.2, -0.15) is 8.78 Å². The van der Waals surface area contributed by atoms with E-state index in [0.717, 1.165) is 0 Å². The van der Waals surface area contributed by atoms with Gasteiger partial charge in [0.05, 0.1) is 0 Å². The molecule has 3 N–H and O–H groups in total. The Hall–Kier alpha value is -1.73. The monoisotopic (exact) mass is 300 g/mol. The second-order valence-corrected chi connectivity index (χ2v) is 5.08. The first-order valence-electron chi connectivity index (χ1n) is 6.64. The highest BCUT2D eigenvalue weighted by atomic mass is 19.3. The van der Waals surface area contributed by atoms with Crippen LogP contribution in [0.1, 0.15) is 18.4 Å². The summed E-state index contributed by atoms with van der Waals surface area (Å²) in [4.78, 5) is 12.2. The van der Waals surface area contributed by atoms with Gasteiger partial charge >= 0.3 is 6.61 Å². The van der Waals surface area contributed by atoms with Crippen LogP contribution < -0.4 is 15.8 Å². The van der Waals surface area contributed by atoms with Gasteiger partial charge in [0.1, 0.15) is 11.3 Å². The van der Waals surface area contributed by atoms with Crippen molar-refractivity contribution in [2.24, 2.45) is 5.73 Å². The maximum absolute atomic E-state index is 12.3. The largest absolute Gasteiger partial charge is 0.434 e. The lowest BCUT2D eigenvalue weighted by atomic mass is 9.90. The van der Waals surface area contributed by atoms with Gasteiger partial charge in [0.25, 0.3) is 0 Å². The number of nitrogens with two attached hydrogens (primary N) is 1. The van der Waals surface area contributed by atoms with Crippen LogP contribution in [-0.4, -0.2) is 31.3 Å². The lowest BCUT2D eigenvalue weighted by Gasteiger charge is -2.31. The highest BCUT2D eigenvalue weighted by Gasteiger charge is 2.35. The van der Waals surface area contributed by atoms with Crippen molar-refractivity contribution in [3.63, 3.8) is 0 Å². The summed E-state index contributed by atoms with van der Waals surface area (Å²) >= 11 is 0. The maximum Gasteiger partial charge on any atom is 0.387 e. The van der Waals surface area contributed by atoms with Crippen molar-refractivity contribution in [3.05, 3.63) is 23.8 Å². The van der Waals surface area contributed by atoms with Crippen molar-refractivity contribution < 1.29 is 23.0 Å². The Morgan fingerprint density at radius 3 is 2.71 bits per heavy atom. The summed E-state index contributed by atoms with van der Waals surface area (Å²) in [5.74, 6) is -0.321. The Morgan fingerprint density at radius 1 is 1.43 bits per heavy atom. The van der Waals surface area contributed by atoms with Crippen LogP contribution in [0.25, 0.3) is 0 Å². The number of ether oxygens (including phenoxy) is 2. The molecule has 116 valence electrons. The second-order valence-electron chi connectivity index (χ2n) is 5.08. The highest BCUT2D eigenvalue weighted by Crippen LogP contribution is 2.26. The molecule has 1 fully saturated rings. The third-order valence-electron chi connectivity index (χ3n) is 3.50. The Labute approximate surface area is 121 Å². The molecule has 0 radical (unpaired) electrons. The van der Waals surface area contributed by atoms with Crippen molar-refractivity contribution in [1.82, 2.24) is 0 Å². The van der Waals surface area contributed by atoms with E-state index in [2.05, 4.69) is 10.1 Å². The molecule has 1 amide bonds. The van der Waals surface area contributed by atoms with Crippen LogP contribution in [0.5, 0.6) is 5.75 Å². The molecule has 1 aromatic rings. The van der Waals surface area contributed by atoms with E-state index in [0.29, 0.717) is 37.3 Å². The van der Waals surface area contributed by atoms with Crippen molar-refractivity contribution >= 4 is 11.6 Å². The third-order valence-corrected chi connectivity index (χ3v) is 3.50. The highest BCUT2D eigenvalue weighted by molar-refractivity contribution is 5.98. The number of hydrogen-bond acceptors (Lipinski definition) is 4. The first-order chi connectivity index (χ1) is 9.90. The molecule has 21 heavy (non-hydrogen) atoms. The average Bonchev–Trinajstić information content (AvgIpc) is 2.43. The summed E-state index contributed by atoms with van der Waals surface area (Å²) in [6.07, 6.45) is 0.843. The summed E-state index contributed by atoms with van der Waals surface area (Å²) in [6, 6.07) is 4.58. The number of carbonyl (C=O) groups excluding carboxylic acids is 1. The summed E-state index contributed by atoms with van der Waals surface area (Å²) < 4.78 is 34.2. The van der Waals surface area contributed by atoms with E-state index in [4.69, 9.17) is 10.5 Å². The SMILES string of the molecule is Cc1ccc(NC(=O)C2(N)CCOCC2)cc1OC(F)F. The van der Waals surface area contributed by atoms with Gasteiger partial charge in [-0.15, -0.1) is 0 Å². The number of alkyl halides is 2. The molecule has 0 unspecified atom stereocenters. The zero-order valence-corrected chi connectivity index (χ0v) is 11.7. The molecule has 0 atom stereocenters. The van der Waals surface area contributed by atoms with Crippen LogP contribution in [0.4, 0.5) is 14.5 Å². The predicted molar refractivity (Wildman–Crippen MR) is 73.4 cm³/mol. The number of benzene rings is 1. The van der Waals surface area contributed by atoms with Gasteiger partial charge in [0, 0.05) is 25.0 Å². The van der Waals surface area contributed by atoms with E-state index in [9.17, 15) is 13.6 Å². The Balaban J connectivity index is 2.10. The molecule has 0 aromatic heterocycles. The Morgan fingerprint density at radius 2 is 2.10 bits per heavy atom. The minimum absolute atomic E-state index is 0.0286. The van der Waals surface area contributed by atoms with Gasteiger partial charge in [0.15, 0.2) is 0 Å². The molecule has 0 saturated carbocycles. The number of amides is 1. The summed E-state index contributed by atoms with van der Waals surface area (Å²) in [5.41, 5.74) is 5.99. The van der Waals surface area contributed by atoms with E-state index < -0.39 is 12.2 Å². The molecule has 1 aliphatic heterocycles. The van der Waals surface area contributed by atoms with Crippen molar-refractivity contribution in [2.75, 3.05) is 18.5 Å². The number of anilines is 1. The van der Waals surface area contributed by atoms with Crippen molar-refractivity contribution in [3.8, 4) is 5.75 Å². The van der Waals surface area contributed by atoms with Gasteiger partial charge < -0.3 is 20.5 Å². The lowest BCUT2D eigenvalue weighted by molar-refractivity contribution is -0.124. The number of aryl methyl sites for hydroxylation is 1. The smallest absolute Gasteiger partial charge is 0.387 e. The third kappa shape index (κ3) is 3.89. The zero-order valence-electron chi connectivity index (χ0n) is 11.7. The van der Waals surface area contributed by atoms with Crippen molar-refractivity contribution in [1.29, 1.82) is 0 Å². The number of halogens is 2. The van der Waals surface area contributed by atoms with Crippen LogP contribution in [-0.2, 0) is 9.53 Å². The predicted octanol–water partition coefficient (Wildman–Crippen LogP) is 2.04. The van der Waals surface area contributed by atoms with Gasteiger partial charge in [-0.05, 0) is 31.4 Å². The van der Waals surface area contributed by atoms with Crippen molar-refractivity contribution in [2.45, 2.75) is 31.9 Å². The number of carbonyl (C=O) groups is 1. The molecule has 5 nitrogen and oxygen atoms in total. The average molecular weight is 300 g/mol. The number of rotatable bonds is 4. The fraction of sp³-hybridized carbons (Fsp3) is 0.500. The maximum atomic E-state index is 12.3. The molecule has 7 heteroatoms. The first-order valence-corrected chi connectivity index (χ1v) is 6.64. The topological polar surface area (TPSA) is 73.6 Å². The number of nitrogens with one attached hydrogen (secondary N) is 1. The summed E-state index contributed by atoms with van der Waals surface area (Å²) in [5, 5.41) is 2.65. The fourth-order valence-corrected chi connectivity index (χ4v) is 2.12. The molecule has 1 saturated heterocycles. The molecular weight excluding hydrogens is 282 g/mol. The first kappa shape index (κ1) is 15.7. The van der Waals surface area contributed by atoms with Crippen LogP contribution in [0.15, 0.2) is 18.2 Å². The van der Waals surface area contributed by atoms with E-state index in [1.807, 2.05) is 0 Å². The Kier molecular flexibility index (Phi) is 4.74. The van der Waals surface area contributed by atoms with Crippen LogP contribution in [0.2, 0.25) is 0 Å². The quantitative estimate of drug-likeness (QED) is 0.892. The Bertz CT molecular complexity index is 517. The van der Waals surface area contributed by atoms with E-state index in [1.165, 1.54) is 6.07 Å². The van der Waals surface area contributed by atoms with E-state index in [-0.39, 0.29) is 11.7 Å². The van der Waals surface area contributed by atoms with Gasteiger partial charge in [-0.1, -0.05) is 6.07 Å². The molecule has 1 aliphatic rings.